The third-order valence-corrected chi connectivity index (χ3v) is 7.32. The van der Waals surface area contributed by atoms with Crippen molar-refractivity contribution in [3.8, 4) is 0 Å². The zero-order valence-corrected chi connectivity index (χ0v) is 18.7. The molecule has 4 heteroatoms. The second-order valence-corrected chi connectivity index (χ2v) is 9.28. The average Bonchev–Trinajstić information content (AvgIpc) is 2.86. The minimum Gasteiger partial charge on any atom is -0.343 e. The lowest BCUT2D eigenvalue weighted by molar-refractivity contribution is 0.0979. The first-order valence-corrected chi connectivity index (χ1v) is 11.6. The molecule has 4 aromatic rings. The molecule has 0 aromatic heterocycles. The normalized spacial score (nSPS) is 14.0. The first-order chi connectivity index (χ1) is 16.1. The molecule has 0 bridgehead atoms. The van der Waals surface area contributed by atoms with E-state index in [1.807, 2.05) is 24.3 Å². The van der Waals surface area contributed by atoms with Gasteiger partial charge in [-0.2, -0.15) is 0 Å². The topological polar surface area (TPSA) is 37.4 Å². The number of anilines is 2. The van der Waals surface area contributed by atoms with E-state index in [0.717, 1.165) is 11.1 Å². The van der Waals surface area contributed by atoms with Gasteiger partial charge in [0.05, 0.1) is 11.4 Å². The second kappa shape index (κ2) is 7.61. The fourth-order valence-corrected chi connectivity index (χ4v) is 5.67. The number of nitrogens with zero attached hydrogens (tertiary/aromatic N) is 1. The Hall–Kier alpha value is -3.89. The highest BCUT2D eigenvalue weighted by Crippen LogP contribution is 2.47. The van der Waals surface area contributed by atoms with Gasteiger partial charge in [-0.1, -0.05) is 72.4 Å². The number of benzene rings is 4. The zero-order chi connectivity index (χ0) is 22.5. The Kier molecular flexibility index (Phi) is 4.56. The SMILES string of the molecule is CN1c2ccccc2Sc2cc(/C=C\c3ccc4c(c3)C(=O)c3ccccc3C4=O)ccc21. The van der Waals surface area contributed by atoms with Gasteiger partial charge in [0, 0.05) is 39.1 Å². The summed E-state index contributed by atoms with van der Waals surface area (Å²) in [6.07, 6.45) is 4.04. The van der Waals surface area contributed by atoms with Crippen molar-refractivity contribution < 1.29 is 9.59 Å². The third-order valence-electron chi connectivity index (χ3n) is 6.21. The molecule has 0 saturated carbocycles. The van der Waals surface area contributed by atoms with Crippen LogP contribution in [-0.2, 0) is 0 Å². The average molecular weight is 446 g/mol. The molecule has 1 aliphatic heterocycles. The lowest BCUT2D eigenvalue weighted by Crippen LogP contribution is -2.20. The number of carbonyl (C=O) groups is 2. The smallest absolute Gasteiger partial charge is 0.194 e. The van der Waals surface area contributed by atoms with Crippen LogP contribution in [0.2, 0.25) is 0 Å². The lowest BCUT2D eigenvalue weighted by atomic mass is 9.83. The molecule has 0 fully saturated rings. The molecule has 0 spiro atoms. The summed E-state index contributed by atoms with van der Waals surface area (Å²) in [7, 11) is 2.09. The van der Waals surface area contributed by atoms with Crippen molar-refractivity contribution in [2.24, 2.45) is 0 Å². The first kappa shape index (κ1) is 19.8. The molecule has 33 heavy (non-hydrogen) atoms. The van der Waals surface area contributed by atoms with Gasteiger partial charge in [-0.15, -0.1) is 0 Å². The molecule has 0 N–H and O–H groups in total. The molecule has 0 saturated heterocycles. The zero-order valence-electron chi connectivity index (χ0n) is 17.9. The van der Waals surface area contributed by atoms with Crippen molar-refractivity contribution in [3.05, 3.63) is 118 Å². The highest BCUT2D eigenvalue weighted by Gasteiger charge is 2.29. The molecule has 1 heterocycles. The van der Waals surface area contributed by atoms with E-state index in [1.165, 1.54) is 21.2 Å². The molecule has 3 nitrogen and oxygen atoms in total. The van der Waals surface area contributed by atoms with Gasteiger partial charge in [0.1, 0.15) is 0 Å². The maximum Gasteiger partial charge on any atom is 0.194 e. The predicted molar refractivity (Wildman–Crippen MR) is 134 cm³/mol. The van der Waals surface area contributed by atoms with Gasteiger partial charge >= 0.3 is 0 Å². The Labute approximate surface area is 196 Å². The van der Waals surface area contributed by atoms with Crippen molar-refractivity contribution in [2.75, 3.05) is 11.9 Å². The molecule has 0 unspecified atom stereocenters. The van der Waals surface area contributed by atoms with Crippen LogP contribution in [0.3, 0.4) is 0 Å². The summed E-state index contributed by atoms with van der Waals surface area (Å²) >= 11 is 1.78. The van der Waals surface area contributed by atoms with E-state index in [9.17, 15) is 9.59 Å². The maximum absolute atomic E-state index is 13.0. The van der Waals surface area contributed by atoms with Crippen molar-refractivity contribution >= 4 is 46.9 Å². The van der Waals surface area contributed by atoms with Crippen molar-refractivity contribution in [2.45, 2.75) is 9.79 Å². The lowest BCUT2D eigenvalue weighted by Gasteiger charge is -2.29. The summed E-state index contributed by atoms with van der Waals surface area (Å²) in [5.41, 5.74) is 6.29. The highest BCUT2D eigenvalue weighted by atomic mass is 32.2. The van der Waals surface area contributed by atoms with E-state index in [-0.39, 0.29) is 11.6 Å². The van der Waals surface area contributed by atoms with Gasteiger partial charge in [-0.3, -0.25) is 9.59 Å². The third kappa shape index (κ3) is 3.22. The molecule has 0 radical (unpaired) electrons. The van der Waals surface area contributed by atoms with E-state index < -0.39 is 0 Å². The summed E-state index contributed by atoms with van der Waals surface area (Å²) in [6, 6.07) is 27.3. The quantitative estimate of drug-likeness (QED) is 0.278. The number of fused-ring (bicyclic) bond motifs is 4. The molecule has 4 aromatic carbocycles. The standard InChI is InChI=1S/C29H19NO2S/c1-30-24-8-4-5-9-26(24)33-27-17-19(13-15-25(27)30)11-10-18-12-14-22-23(16-18)29(32)21-7-3-2-6-20(21)28(22)31/h2-17H,1H3/b11-10-. The number of rotatable bonds is 2. The Morgan fingerprint density at radius 1 is 0.606 bits per heavy atom. The highest BCUT2D eigenvalue weighted by molar-refractivity contribution is 7.99. The van der Waals surface area contributed by atoms with Crippen LogP contribution in [0.25, 0.3) is 12.2 Å². The summed E-state index contributed by atoms with van der Waals surface area (Å²) in [5, 5.41) is 0. The van der Waals surface area contributed by atoms with Crippen molar-refractivity contribution in [1.82, 2.24) is 0 Å². The van der Waals surface area contributed by atoms with Gasteiger partial charge in [0.15, 0.2) is 11.6 Å². The molecule has 0 amide bonds. The van der Waals surface area contributed by atoms with Gasteiger partial charge < -0.3 is 4.90 Å². The van der Waals surface area contributed by atoms with Crippen LogP contribution < -0.4 is 4.90 Å². The van der Waals surface area contributed by atoms with E-state index in [2.05, 4.69) is 54.4 Å². The maximum atomic E-state index is 13.0. The fourth-order valence-electron chi connectivity index (χ4n) is 4.48. The number of ketones is 2. The molecule has 0 atom stereocenters. The van der Waals surface area contributed by atoms with E-state index in [4.69, 9.17) is 0 Å². The van der Waals surface area contributed by atoms with Crippen LogP contribution in [0.5, 0.6) is 0 Å². The summed E-state index contributed by atoms with van der Waals surface area (Å²) in [5.74, 6) is -0.186. The minimum atomic E-state index is -0.0951. The number of hydrogen-bond acceptors (Lipinski definition) is 4. The Morgan fingerprint density at radius 2 is 1.18 bits per heavy atom. The van der Waals surface area contributed by atoms with Crippen molar-refractivity contribution in [3.63, 3.8) is 0 Å². The summed E-state index contributed by atoms with van der Waals surface area (Å²) < 4.78 is 0. The second-order valence-electron chi connectivity index (χ2n) is 8.20. The minimum absolute atomic E-state index is 0.0909. The summed E-state index contributed by atoms with van der Waals surface area (Å²) in [6.45, 7) is 0. The van der Waals surface area contributed by atoms with Crippen LogP contribution in [0.4, 0.5) is 11.4 Å². The van der Waals surface area contributed by atoms with E-state index in [0.29, 0.717) is 22.3 Å². The Balaban J connectivity index is 1.31. The summed E-state index contributed by atoms with van der Waals surface area (Å²) in [4.78, 5) is 30.5. The monoisotopic (exact) mass is 445 g/mol. The van der Waals surface area contributed by atoms with Crippen LogP contribution >= 0.6 is 11.8 Å². The van der Waals surface area contributed by atoms with Crippen LogP contribution in [-0.4, -0.2) is 18.6 Å². The van der Waals surface area contributed by atoms with Crippen LogP contribution in [0.1, 0.15) is 43.0 Å². The molecule has 158 valence electrons. The Morgan fingerprint density at radius 3 is 1.97 bits per heavy atom. The predicted octanol–water partition coefficient (Wildman–Crippen LogP) is 6.86. The van der Waals surface area contributed by atoms with Crippen molar-refractivity contribution in [1.29, 1.82) is 0 Å². The molecule has 1 aliphatic carbocycles. The number of para-hydroxylation sites is 1. The molecule has 6 rings (SSSR count). The van der Waals surface area contributed by atoms with Crippen LogP contribution in [0, 0.1) is 0 Å². The number of carbonyl (C=O) groups excluding carboxylic acids is 2. The van der Waals surface area contributed by atoms with Gasteiger partial charge in [0.2, 0.25) is 0 Å². The van der Waals surface area contributed by atoms with Gasteiger partial charge in [0.25, 0.3) is 0 Å². The fraction of sp³-hybridized carbons (Fsp3) is 0.0345. The molecular formula is C29H19NO2S. The van der Waals surface area contributed by atoms with Crippen LogP contribution in [0.15, 0.2) is 94.7 Å². The molecule has 2 aliphatic rings. The first-order valence-electron chi connectivity index (χ1n) is 10.8. The molecular weight excluding hydrogens is 426 g/mol. The Bertz CT molecular complexity index is 1500. The van der Waals surface area contributed by atoms with E-state index >= 15 is 0 Å². The van der Waals surface area contributed by atoms with E-state index in [1.54, 1.807) is 42.1 Å². The van der Waals surface area contributed by atoms with Gasteiger partial charge in [-0.25, -0.2) is 0 Å². The largest absolute Gasteiger partial charge is 0.343 e. The number of hydrogen-bond donors (Lipinski definition) is 0. The van der Waals surface area contributed by atoms with Gasteiger partial charge in [-0.05, 0) is 47.5 Å².